The maximum absolute atomic E-state index is 11.7. The summed E-state index contributed by atoms with van der Waals surface area (Å²) in [6, 6.07) is 24.4. The van der Waals surface area contributed by atoms with E-state index in [1.54, 1.807) is 0 Å². The van der Waals surface area contributed by atoms with Crippen LogP contribution in [0.1, 0.15) is 18.1 Å². The number of benzene rings is 2. The number of hydrogen-bond donors (Lipinski definition) is 1. The predicted octanol–water partition coefficient (Wildman–Crippen LogP) is 0.537. The summed E-state index contributed by atoms with van der Waals surface area (Å²) in [6.07, 6.45) is 3.01. The fourth-order valence-corrected chi connectivity index (χ4v) is 3.45. The van der Waals surface area contributed by atoms with E-state index in [0.29, 0.717) is 6.54 Å². The molecule has 1 N–H and O–H groups in total. The normalized spacial score (nSPS) is 18.6. The highest BCUT2D eigenvalue weighted by Gasteiger charge is 2.52. The van der Waals surface area contributed by atoms with Crippen LogP contribution in [0.3, 0.4) is 0 Å². The number of halogens is 1. The van der Waals surface area contributed by atoms with Crippen molar-refractivity contribution in [2.75, 3.05) is 4.90 Å². The first-order valence-electron chi connectivity index (χ1n) is 8.38. The summed E-state index contributed by atoms with van der Waals surface area (Å²) in [6.45, 7) is 2.64. The number of pyridine rings is 1. The lowest BCUT2D eigenvalue weighted by Crippen LogP contribution is -3.00. The Morgan fingerprint density at radius 2 is 1.64 bits per heavy atom. The van der Waals surface area contributed by atoms with Crippen LogP contribution >= 0.6 is 0 Å². The molecule has 0 amide bonds. The first-order valence-corrected chi connectivity index (χ1v) is 8.38. The van der Waals surface area contributed by atoms with Crippen molar-refractivity contribution >= 4 is 11.5 Å². The Hall–Kier alpha value is -2.17. The lowest BCUT2D eigenvalue weighted by molar-refractivity contribution is -0.683. The minimum absolute atomic E-state index is 0. The van der Waals surface area contributed by atoms with Crippen LogP contribution in [0.5, 0.6) is 0 Å². The number of aryl methyl sites for hydroxylation is 1. The van der Waals surface area contributed by atoms with Crippen LogP contribution in [0.4, 0.5) is 11.5 Å². The number of rotatable bonds is 3. The van der Waals surface area contributed by atoms with Gasteiger partial charge in [0.25, 0.3) is 11.5 Å². The van der Waals surface area contributed by atoms with E-state index in [4.69, 9.17) is 0 Å². The molecule has 1 aromatic heterocycles. The summed E-state index contributed by atoms with van der Waals surface area (Å²) in [5.74, 6) is 0.991. The van der Waals surface area contributed by atoms with Gasteiger partial charge in [-0.2, -0.15) is 4.90 Å². The summed E-state index contributed by atoms with van der Waals surface area (Å²) in [5, 5.41) is 11.7. The molecule has 1 aliphatic rings. The number of aliphatic hydroxyl groups is 1. The van der Waals surface area contributed by atoms with Crippen LogP contribution in [-0.2, 0) is 18.7 Å². The first-order chi connectivity index (χ1) is 11.7. The molecule has 1 atom stereocenters. The summed E-state index contributed by atoms with van der Waals surface area (Å²) in [5.41, 5.74) is 2.07. The molecule has 2 aromatic carbocycles. The highest BCUT2D eigenvalue weighted by molar-refractivity contribution is 5.62. The molecule has 3 nitrogen and oxygen atoms in total. The lowest BCUT2D eigenvalue weighted by atomic mass is 9.99. The van der Waals surface area contributed by atoms with Gasteiger partial charge in [-0.15, -0.1) is 0 Å². The molecule has 0 fully saturated rings. The van der Waals surface area contributed by atoms with E-state index in [9.17, 15) is 5.11 Å². The average Bonchev–Trinajstić information content (AvgIpc) is 2.95. The molecule has 0 saturated heterocycles. The van der Waals surface area contributed by atoms with Gasteiger partial charge in [0.15, 0.2) is 6.54 Å². The van der Waals surface area contributed by atoms with Gasteiger partial charge in [-0.25, -0.2) is 4.57 Å². The van der Waals surface area contributed by atoms with Crippen LogP contribution in [0.15, 0.2) is 79.0 Å². The highest BCUT2D eigenvalue weighted by atomic mass is 79.9. The third-order valence-electron chi connectivity index (χ3n) is 4.75. The third-order valence-corrected chi connectivity index (χ3v) is 4.75. The molecule has 4 rings (SSSR count). The molecular formula is C21H21BrN2O. The van der Waals surface area contributed by atoms with Crippen LogP contribution < -0.4 is 26.4 Å². The van der Waals surface area contributed by atoms with E-state index in [0.717, 1.165) is 23.5 Å². The quantitative estimate of drug-likeness (QED) is 0.654. The van der Waals surface area contributed by atoms with Crippen molar-refractivity contribution in [3.63, 3.8) is 0 Å². The maximum atomic E-state index is 11.7. The predicted molar refractivity (Wildman–Crippen MR) is 94.9 cm³/mol. The average molecular weight is 397 g/mol. The minimum atomic E-state index is -1.10. The van der Waals surface area contributed by atoms with Crippen molar-refractivity contribution in [3.05, 3.63) is 90.1 Å². The van der Waals surface area contributed by atoms with Crippen molar-refractivity contribution in [1.82, 2.24) is 0 Å². The molecule has 3 aromatic rings. The molecule has 128 valence electrons. The van der Waals surface area contributed by atoms with E-state index < -0.39 is 5.72 Å². The van der Waals surface area contributed by atoms with Crippen LogP contribution in [0.2, 0.25) is 0 Å². The number of nitrogens with zero attached hydrogens (tertiary/aromatic N) is 2. The van der Waals surface area contributed by atoms with Gasteiger partial charge < -0.3 is 22.1 Å². The summed E-state index contributed by atoms with van der Waals surface area (Å²) in [4.78, 5) is 2.02. The summed E-state index contributed by atoms with van der Waals surface area (Å²) >= 11 is 0. The molecule has 0 saturated carbocycles. The van der Waals surface area contributed by atoms with E-state index in [2.05, 4.69) is 23.6 Å². The monoisotopic (exact) mass is 396 g/mol. The zero-order valence-electron chi connectivity index (χ0n) is 14.1. The van der Waals surface area contributed by atoms with E-state index in [1.807, 2.05) is 71.8 Å². The van der Waals surface area contributed by atoms with Crippen LogP contribution in [0.25, 0.3) is 0 Å². The van der Waals surface area contributed by atoms with Crippen molar-refractivity contribution in [2.24, 2.45) is 0 Å². The van der Waals surface area contributed by atoms with Gasteiger partial charge in [-0.05, 0) is 30.2 Å². The van der Waals surface area contributed by atoms with E-state index in [-0.39, 0.29) is 17.0 Å². The SMILES string of the molecule is CCc1ccc(C2(O)C[n+]3ccccc3N2c2ccccc2)cc1.[Br-]. The zero-order valence-corrected chi connectivity index (χ0v) is 15.7. The Bertz CT molecular complexity index is 851. The third kappa shape index (κ3) is 2.96. The first kappa shape index (κ1) is 17.6. The molecule has 2 heterocycles. The van der Waals surface area contributed by atoms with Gasteiger partial charge in [-0.1, -0.05) is 55.5 Å². The Kier molecular flexibility index (Phi) is 4.93. The second-order valence-electron chi connectivity index (χ2n) is 6.22. The van der Waals surface area contributed by atoms with Gasteiger partial charge in [0.1, 0.15) is 5.69 Å². The standard InChI is InChI=1S/C21H21N2O.BrH/c1-2-17-11-13-18(14-12-17)21(24)16-22-15-7-6-10-20(22)23(21)19-8-4-3-5-9-19;/h3-15,24H,2,16H2,1H3;1H/q+1;/p-1. The topological polar surface area (TPSA) is 27.4 Å². The van der Waals surface area contributed by atoms with Gasteiger partial charge >= 0.3 is 0 Å². The number of para-hydroxylation sites is 1. The second kappa shape index (κ2) is 6.98. The minimum Gasteiger partial charge on any atom is -1.00 e. The second-order valence-corrected chi connectivity index (χ2v) is 6.22. The van der Waals surface area contributed by atoms with Crippen molar-refractivity contribution in [1.29, 1.82) is 0 Å². The number of anilines is 2. The Balaban J connectivity index is 0.00000182. The van der Waals surface area contributed by atoms with E-state index in [1.165, 1.54) is 5.56 Å². The maximum Gasteiger partial charge on any atom is 0.284 e. The molecule has 1 unspecified atom stereocenters. The highest BCUT2D eigenvalue weighted by Crippen LogP contribution is 2.40. The van der Waals surface area contributed by atoms with Gasteiger partial charge in [0.05, 0.1) is 6.20 Å². The van der Waals surface area contributed by atoms with E-state index >= 15 is 0 Å². The number of hydrogen-bond acceptors (Lipinski definition) is 2. The van der Waals surface area contributed by atoms with Gasteiger partial charge in [0.2, 0.25) is 0 Å². The molecule has 0 aliphatic carbocycles. The molecule has 0 radical (unpaired) electrons. The smallest absolute Gasteiger partial charge is 0.284 e. The lowest BCUT2D eigenvalue weighted by Gasteiger charge is -2.27. The van der Waals surface area contributed by atoms with Crippen molar-refractivity contribution in [3.8, 4) is 0 Å². The fraction of sp³-hybridized carbons (Fsp3) is 0.190. The van der Waals surface area contributed by atoms with Crippen molar-refractivity contribution < 1.29 is 26.7 Å². The van der Waals surface area contributed by atoms with Gasteiger partial charge in [0, 0.05) is 11.6 Å². The molecule has 1 aliphatic heterocycles. The van der Waals surface area contributed by atoms with Crippen LogP contribution in [0, 0.1) is 0 Å². The Morgan fingerprint density at radius 3 is 2.32 bits per heavy atom. The zero-order chi connectivity index (χ0) is 16.6. The molecular weight excluding hydrogens is 376 g/mol. The summed E-state index contributed by atoms with van der Waals surface area (Å²) < 4.78 is 2.10. The summed E-state index contributed by atoms with van der Waals surface area (Å²) in [7, 11) is 0. The largest absolute Gasteiger partial charge is 1.00 e. The fourth-order valence-electron chi connectivity index (χ4n) is 3.45. The number of fused-ring (bicyclic) bond motifs is 1. The Morgan fingerprint density at radius 1 is 0.960 bits per heavy atom. The van der Waals surface area contributed by atoms with Crippen molar-refractivity contribution in [2.45, 2.75) is 25.6 Å². The molecule has 4 heteroatoms. The number of aromatic nitrogens is 1. The Labute approximate surface area is 158 Å². The van der Waals surface area contributed by atoms with Crippen LogP contribution in [-0.4, -0.2) is 5.11 Å². The molecule has 0 bridgehead atoms. The molecule has 25 heavy (non-hydrogen) atoms. The molecule has 0 spiro atoms. The van der Waals surface area contributed by atoms with Gasteiger partial charge in [-0.3, -0.25) is 0 Å².